The molecular weight excluding hydrogens is 331 g/mol. The van der Waals surface area contributed by atoms with E-state index < -0.39 is 17.8 Å². The third kappa shape index (κ3) is 3.40. The van der Waals surface area contributed by atoms with Crippen molar-refractivity contribution in [3.8, 4) is 16.9 Å². The van der Waals surface area contributed by atoms with Crippen molar-refractivity contribution in [2.45, 2.75) is 13.1 Å². The average molecular weight is 345 g/mol. The largest absolute Gasteiger partial charge is 0.435 e. The van der Waals surface area contributed by atoms with Crippen molar-refractivity contribution < 1.29 is 18.0 Å². The van der Waals surface area contributed by atoms with E-state index in [2.05, 4.69) is 5.10 Å². The highest BCUT2D eigenvalue weighted by molar-refractivity contribution is 5.93. The van der Waals surface area contributed by atoms with E-state index in [-0.39, 0.29) is 11.3 Å². The third-order valence-corrected chi connectivity index (χ3v) is 3.72. The second kappa shape index (κ2) is 6.08. The lowest BCUT2D eigenvalue weighted by atomic mass is 10.1. The van der Waals surface area contributed by atoms with Crippen LogP contribution in [0, 0.1) is 6.92 Å². The van der Waals surface area contributed by atoms with Gasteiger partial charge in [-0.25, -0.2) is 4.68 Å². The van der Waals surface area contributed by atoms with Gasteiger partial charge in [0.05, 0.1) is 11.4 Å². The highest BCUT2D eigenvalue weighted by atomic mass is 19.4. The summed E-state index contributed by atoms with van der Waals surface area (Å²) in [4.78, 5) is 11.4. The van der Waals surface area contributed by atoms with Gasteiger partial charge in [0.15, 0.2) is 5.69 Å². The maximum Gasteiger partial charge on any atom is 0.435 e. The number of carbonyl (C=O) groups excluding carboxylic acids is 1. The molecule has 0 radical (unpaired) electrons. The molecule has 25 heavy (non-hydrogen) atoms. The molecule has 0 aliphatic carbocycles. The van der Waals surface area contributed by atoms with E-state index in [4.69, 9.17) is 5.73 Å². The minimum absolute atomic E-state index is 0.191. The van der Waals surface area contributed by atoms with Crippen LogP contribution in [0.2, 0.25) is 0 Å². The molecule has 2 N–H and O–H groups in total. The van der Waals surface area contributed by atoms with Gasteiger partial charge in [0.1, 0.15) is 0 Å². The van der Waals surface area contributed by atoms with Gasteiger partial charge in [0.2, 0.25) is 5.91 Å². The van der Waals surface area contributed by atoms with Crippen LogP contribution in [-0.4, -0.2) is 15.7 Å². The fraction of sp³-hybridized carbons (Fsp3) is 0.111. The summed E-state index contributed by atoms with van der Waals surface area (Å²) in [6.45, 7) is 1.89. The van der Waals surface area contributed by atoms with Crippen molar-refractivity contribution >= 4 is 5.91 Å². The lowest BCUT2D eigenvalue weighted by Crippen LogP contribution is -2.12. The molecule has 1 aromatic heterocycles. The van der Waals surface area contributed by atoms with Gasteiger partial charge in [0.25, 0.3) is 0 Å². The number of rotatable bonds is 3. The Kier molecular flexibility index (Phi) is 4.08. The summed E-state index contributed by atoms with van der Waals surface area (Å²) in [6.07, 6.45) is -4.58. The highest BCUT2D eigenvalue weighted by Crippen LogP contribution is 2.33. The molecule has 3 aromatic rings. The molecule has 3 rings (SSSR count). The number of primary amides is 1. The molecule has 4 nitrogen and oxygen atoms in total. The number of amides is 1. The summed E-state index contributed by atoms with van der Waals surface area (Å²) in [5, 5.41) is 3.69. The van der Waals surface area contributed by atoms with Gasteiger partial charge in [-0.3, -0.25) is 4.79 Å². The van der Waals surface area contributed by atoms with Crippen LogP contribution in [0.25, 0.3) is 16.9 Å². The molecule has 0 bridgehead atoms. The smallest absolute Gasteiger partial charge is 0.366 e. The first-order chi connectivity index (χ1) is 11.8. The van der Waals surface area contributed by atoms with Gasteiger partial charge < -0.3 is 5.73 Å². The Morgan fingerprint density at radius 1 is 1.08 bits per heavy atom. The van der Waals surface area contributed by atoms with E-state index in [1.165, 1.54) is 16.8 Å². The zero-order valence-electron chi connectivity index (χ0n) is 13.2. The topological polar surface area (TPSA) is 60.9 Å². The Labute approximate surface area is 141 Å². The first-order valence-electron chi connectivity index (χ1n) is 7.40. The van der Waals surface area contributed by atoms with Crippen LogP contribution in [0.5, 0.6) is 0 Å². The highest BCUT2D eigenvalue weighted by Gasteiger charge is 2.35. The molecule has 0 saturated heterocycles. The summed E-state index contributed by atoms with van der Waals surface area (Å²) in [6, 6.07) is 14.1. The van der Waals surface area contributed by atoms with E-state index in [0.29, 0.717) is 11.3 Å². The summed E-state index contributed by atoms with van der Waals surface area (Å²) >= 11 is 0. The number of aryl methyl sites for hydroxylation is 1. The first-order valence-corrected chi connectivity index (χ1v) is 7.40. The maximum absolute atomic E-state index is 13.1. The van der Waals surface area contributed by atoms with Gasteiger partial charge in [-0.05, 0) is 31.2 Å². The predicted octanol–water partition coefficient (Wildman–Crippen LogP) is 3.97. The lowest BCUT2D eigenvalue weighted by Gasteiger charge is -2.09. The molecule has 128 valence electrons. The molecule has 0 aliphatic rings. The van der Waals surface area contributed by atoms with Crippen molar-refractivity contribution in [3.63, 3.8) is 0 Å². The number of benzene rings is 2. The Balaban J connectivity index is 2.21. The number of hydrogen-bond donors (Lipinski definition) is 1. The van der Waals surface area contributed by atoms with Gasteiger partial charge in [-0.1, -0.05) is 35.9 Å². The van der Waals surface area contributed by atoms with Crippen molar-refractivity contribution in [1.29, 1.82) is 0 Å². The first kappa shape index (κ1) is 16.8. The van der Waals surface area contributed by atoms with Crippen LogP contribution in [0.4, 0.5) is 13.2 Å². The van der Waals surface area contributed by atoms with Crippen molar-refractivity contribution in [3.05, 3.63) is 71.4 Å². The molecule has 2 aromatic carbocycles. The van der Waals surface area contributed by atoms with Crippen LogP contribution in [-0.2, 0) is 6.18 Å². The lowest BCUT2D eigenvalue weighted by molar-refractivity contribution is -0.141. The third-order valence-electron chi connectivity index (χ3n) is 3.72. The van der Waals surface area contributed by atoms with Crippen LogP contribution < -0.4 is 5.73 Å². The fourth-order valence-electron chi connectivity index (χ4n) is 2.44. The van der Waals surface area contributed by atoms with E-state index in [0.717, 1.165) is 11.6 Å². The predicted molar refractivity (Wildman–Crippen MR) is 87.3 cm³/mol. The van der Waals surface area contributed by atoms with Crippen molar-refractivity contribution in [2.24, 2.45) is 5.73 Å². The molecule has 0 spiro atoms. The van der Waals surface area contributed by atoms with Crippen LogP contribution in [0.15, 0.2) is 54.6 Å². The quantitative estimate of drug-likeness (QED) is 0.781. The second-order valence-electron chi connectivity index (χ2n) is 5.60. The SMILES string of the molecule is Cc1ccc(-c2cc(C(F)(F)F)nn2-c2cccc(C(N)=O)c2)cc1. The van der Waals surface area contributed by atoms with Crippen molar-refractivity contribution in [1.82, 2.24) is 9.78 Å². The second-order valence-corrected chi connectivity index (χ2v) is 5.60. The molecule has 1 heterocycles. The Morgan fingerprint density at radius 2 is 1.76 bits per heavy atom. The van der Waals surface area contributed by atoms with Gasteiger partial charge in [-0.2, -0.15) is 18.3 Å². The average Bonchev–Trinajstić information content (AvgIpc) is 3.01. The van der Waals surface area contributed by atoms with Crippen molar-refractivity contribution in [2.75, 3.05) is 0 Å². The zero-order chi connectivity index (χ0) is 18.2. The minimum atomic E-state index is -4.58. The number of hydrogen-bond acceptors (Lipinski definition) is 2. The summed E-state index contributed by atoms with van der Waals surface area (Å²) in [5.41, 5.74) is 6.60. The van der Waals surface area contributed by atoms with Gasteiger partial charge >= 0.3 is 6.18 Å². The Bertz CT molecular complexity index is 927. The number of nitrogens with two attached hydrogens (primary N) is 1. The zero-order valence-corrected chi connectivity index (χ0v) is 13.2. The number of aromatic nitrogens is 2. The summed E-state index contributed by atoms with van der Waals surface area (Å²) < 4.78 is 40.6. The Morgan fingerprint density at radius 3 is 2.36 bits per heavy atom. The summed E-state index contributed by atoms with van der Waals surface area (Å²) in [5.74, 6) is -0.665. The van der Waals surface area contributed by atoms with E-state index in [9.17, 15) is 18.0 Å². The standard InChI is InChI=1S/C18H14F3N3O/c1-11-5-7-12(8-6-11)15-10-16(18(19,20)21)23-24(15)14-4-2-3-13(9-14)17(22)25/h2-10H,1H3,(H2,22,25). The fourth-order valence-corrected chi connectivity index (χ4v) is 2.44. The summed E-state index contributed by atoms with van der Waals surface area (Å²) in [7, 11) is 0. The molecule has 0 unspecified atom stereocenters. The molecule has 0 saturated carbocycles. The number of carbonyl (C=O) groups is 1. The van der Waals surface area contributed by atoms with Gasteiger partial charge in [-0.15, -0.1) is 0 Å². The minimum Gasteiger partial charge on any atom is -0.366 e. The molecule has 0 atom stereocenters. The van der Waals surface area contributed by atoms with Gasteiger partial charge in [0, 0.05) is 11.1 Å². The normalized spacial score (nSPS) is 11.5. The van der Waals surface area contributed by atoms with Crippen LogP contribution in [0.1, 0.15) is 21.6 Å². The molecule has 1 amide bonds. The van der Waals surface area contributed by atoms with E-state index >= 15 is 0 Å². The molecular formula is C18H14F3N3O. The number of halogens is 3. The monoisotopic (exact) mass is 345 g/mol. The van der Waals surface area contributed by atoms with Crippen LogP contribution >= 0.6 is 0 Å². The number of alkyl halides is 3. The Hall–Kier alpha value is -3.09. The molecule has 0 aliphatic heterocycles. The maximum atomic E-state index is 13.1. The van der Waals surface area contributed by atoms with Crippen LogP contribution in [0.3, 0.4) is 0 Å². The van der Waals surface area contributed by atoms with E-state index in [1.54, 1.807) is 36.4 Å². The number of nitrogens with zero attached hydrogens (tertiary/aromatic N) is 2. The van der Waals surface area contributed by atoms with E-state index in [1.807, 2.05) is 6.92 Å². The molecule has 0 fully saturated rings. The molecule has 7 heteroatoms.